The molecule has 2 atom stereocenters. The average Bonchev–Trinajstić information content (AvgIpc) is 2.99. The molecule has 0 aliphatic carbocycles. The highest BCUT2D eigenvalue weighted by molar-refractivity contribution is 7.91. The quantitative estimate of drug-likeness (QED) is 0.495. The molecule has 2 N–H and O–H groups in total. The van der Waals surface area contributed by atoms with Gasteiger partial charge in [-0.15, -0.1) is 0 Å². The Balaban J connectivity index is 1.56. The number of rotatable bonds is 4. The first kappa shape index (κ1) is 24.4. The van der Waals surface area contributed by atoms with E-state index < -0.39 is 15.8 Å². The van der Waals surface area contributed by atoms with Gasteiger partial charge in [-0.3, -0.25) is 13.9 Å². The van der Waals surface area contributed by atoms with Gasteiger partial charge in [0, 0.05) is 37.5 Å². The number of hydrogen-bond donors (Lipinski definition) is 2. The molecule has 0 radical (unpaired) electrons. The second-order valence-electron chi connectivity index (χ2n) is 10.7. The maximum atomic E-state index is 13.1. The van der Waals surface area contributed by atoms with Crippen molar-refractivity contribution >= 4 is 38.4 Å². The van der Waals surface area contributed by atoms with Gasteiger partial charge in [0.15, 0.2) is 21.2 Å². The molecular weight excluding hydrogens is 476 g/mol. The van der Waals surface area contributed by atoms with E-state index in [4.69, 9.17) is 9.20 Å². The Morgan fingerprint density at radius 3 is 2.53 bits per heavy atom. The lowest BCUT2D eigenvalue weighted by molar-refractivity contribution is 0.0894. The van der Waals surface area contributed by atoms with E-state index in [9.17, 15) is 13.8 Å². The van der Waals surface area contributed by atoms with Crippen LogP contribution < -0.4 is 15.6 Å². The van der Waals surface area contributed by atoms with Gasteiger partial charge in [-0.25, -0.2) is 8.99 Å². The highest BCUT2D eigenvalue weighted by atomic mass is 32.2. The molecule has 0 bridgehead atoms. The fourth-order valence-electron chi connectivity index (χ4n) is 5.07. The Kier molecular flexibility index (Phi) is 5.66. The number of nitrogens with zero attached hydrogens (tertiary/aromatic N) is 2. The van der Waals surface area contributed by atoms with Gasteiger partial charge in [0.2, 0.25) is 0 Å². The summed E-state index contributed by atoms with van der Waals surface area (Å²) in [6.07, 6.45) is 2.04. The maximum Gasteiger partial charge on any atom is 0.269 e. The molecule has 1 unspecified atom stereocenters. The lowest BCUT2D eigenvalue weighted by Crippen LogP contribution is -2.37. The minimum atomic E-state index is -3.35. The van der Waals surface area contributed by atoms with Crippen LogP contribution in [0, 0.1) is 17.1 Å². The second kappa shape index (κ2) is 8.37. The first-order chi connectivity index (χ1) is 16.9. The number of benzene rings is 2. The Morgan fingerprint density at radius 2 is 1.83 bits per heavy atom. The van der Waals surface area contributed by atoms with E-state index in [1.54, 1.807) is 24.3 Å². The van der Waals surface area contributed by atoms with Crippen molar-refractivity contribution in [1.82, 2.24) is 4.31 Å². The zero-order chi connectivity index (χ0) is 26.0. The van der Waals surface area contributed by atoms with Crippen molar-refractivity contribution < 1.29 is 13.4 Å². The molecule has 36 heavy (non-hydrogen) atoms. The smallest absolute Gasteiger partial charge is 0.269 e. The number of piperidine rings is 1. The van der Waals surface area contributed by atoms with Crippen LogP contribution in [0.5, 0.6) is 0 Å². The normalized spacial score (nSPS) is 22.1. The van der Waals surface area contributed by atoms with Crippen LogP contribution >= 0.6 is 0 Å². The first-order valence-electron chi connectivity index (χ1n) is 12.2. The van der Waals surface area contributed by atoms with E-state index in [-0.39, 0.29) is 27.3 Å². The summed E-state index contributed by atoms with van der Waals surface area (Å²) in [7, 11) is -1.97. The predicted octanol–water partition coefficient (Wildman–Crippen LogP) is 5.31. The van der Waals surface area contributed by atoms with Crippen LogP contribution in [-0.2, 0) is 9.92 Å². The summed E-state index contributed by atoms with van der Waals surface area (Å²) >= 11 is 0. The Morgan fingerprint density at radius 1 is 1.14 bits per heavy atom. The molecule has 2 aliphatic rings. The van der Waals surface area contributed by atoms with Gasteiger partial charge in [-0.1, -0.05) is 26.0 Å². The van der Waals surface area contributed by atoms with E-state index in [2.05, 4.69) is 24.1 Å². The van der Waals surface area contributed by atoms with Gasteiger partial charge in [-0.05, 0) is 55.9 Å². The van der Waals surface area contributed by atoms with Crippen LogP contribution in [-0.4, -0.2) is 34.6 Å². The number of carbonyl (C=O) groups excluding carboxylic acids is 1. The minimum absolute atomic E-state index is 0.0837. The SMILES string of the molecule is Cc1cc([C@@H](C)Nc2cccc3c2C(=O)N(C)S3(=N)=O)c2oc(N3CCC(C)(C)CC3)cc(=O)c2c1. The molecule has 190 valence electrons. The van der Waals surface area contributed by atoms with E-state index in [0.29, 0.717) is 22.5 Å². The van der Waals surface area contributed by atoms with Crippen LogP contribution in [0.4, 0.5) is 11.6 Å². The summed E-state index contributed by atoms with van der Waals surface area (Å²) < 4.78 is 28.4. The monoisotopic (exact) mass is 508 g/mol. The number of anilines is 2. The van der Waals surface area contributed by atoms with E-state index in [1.165, 1.54) is 7.05 Å². The van der Waals surface area contributed by atoms with Gasteiger partial charge in [0.1, 0.15) is 5.58 Å². The zero-order valence-corrected chi connectivity index (χ0v) is 22.1. The third kappa shape index (κ3) is 3.95. The maximum absolute atomic E-state index is 13.1. The van der Waals surface area contributed by atoms with Crippen LogP contribution in [0.1, 0.15) is 61.1 Å². The molecule has 8 nitrogen and oxygen atoms in total. The van der Waals surface area contributed by atoms with Crippen LogP contribution in [0.3, 0.4) is 0 Å². The molecule has 3 aromatic rings. The largest absolute Gasteiger partial charge is 0.440 e. The summed E-state index contributed by atoms with van der Waals surface area (Å²) in [6, 6.07) is 10.1. The van der Waals surface area contributed by atoms with Gasteiger partial charge in [0.05, 0.1) is 21.9 Å². The van der Waals surface area contributed by atoms with Crippen molar-refractivity contribution in [3.8, 4) is 0 Å². The Bertz CT molecular complexity index is 1550. The van der Waals surface area contributed by atoms with Crippen molar-refractivity contribution in [2.45, 2.75) is 51.5 Å². The van der Waals surface area contributed by atoms with Crippen LogP contribution in [0.2, 0.25) is 0 Å². The number of fused-ring (bicyclic) bond motifs is 2. The topological polar surface area (TPSA) is 107 Å². The number of carbonyl (C=O) groups is 1. The van der Waals surface area contributed by atoms with Crippen LogP contribution in [0.25, 0.3) is 11.0 Å². The molecule has 1 saturated heterocycles. The standard InChI is InChI=1S/C27H32N4O4S/c1-16-13-18(17(2)29-20-7-6-8-22-24(20)26(33)30(5)36(22,28)34)25-19(14-16)21(32)15-23(35-25)31-11-9-27(3,4)10-12-31/h6-8,13-15,17,28-29H,9-12H2,1-5H3/t17-,36?/m1/s1. The summed E-state index contributed by atoms with van der Waals surface area (Å²) in [5.41, 5.74) is 3.19. The van der Waals surface area contributed by atoms with Gasteiger partial charge >= 0.3 is 0 Å². The average molecular weight is 509 g/mol. The molecular formula is C27H32N4O4S. The summed E-state index contributed by atoms with van der Waals surface area (Å²) in [6.45, 7) is 10.0. The van der Waals surface area contributed by atoms with E-state index in [0.717, 1.165) is 41.4 Å². The summed E-state index contributed by atoms with van der Waals surface area (Å²) in [5, 5.41) is 3.88. The molecule has 3 heterocycles. The molecule has 9 heteroatoms. The number of hydrogen-bond acceptors (Lipinski definition) is 7. The van der Waals surface area contributed by atoms with Crippen molar-refractivity contribution in [3.05, 3.63) is 63.3 Å². The van der Waals surface area contributed by atoms with E-state index >= 15 is 0 Å². The Hall–Kier alpha value is -3.33. The molecule has 2 aromatic carbocycles. The fourth-order valence-corrected chi connectivity index (χ4v) is 6.42. The lowest BCUT2D eigenvalue weighted by Gasteiger charge is -2.37. The second-order valence-corrected chi connectivity index (χ2v) is 12.7. The highest BCUT2D eigenvalue weighted by Gasteiger charge is 2.38. The third-order valence-electron chi connectivity index (χ3n) is 7.47. The summed E-state index contributed by atoms with van der Waals surface area (Å²) in [5.74, 6) is 0.128. The Labute approximate surface area is 211 Å². The zero-order valence-electron chi connectivity index (χ0n) is 21.3. The van der Waals surface area contributed by atoms with Gasteiger partial charge in [0.25, 0.3) is 5.91 Å². The summed E-state index contributed by atoms with van der Waals surface area (Å²) in [4.78, 5) is 28.3. The van der Waals surface area contributed by atoms with Crippen molar-refractivity contribution in [2.24, 2.45) is 5.41 Å². The molecule has 1 aromatic heterocycles. The predicted molar refractivity (Wildman–Crippen MR) is 142 cm³/mol. The number of aryl methyl sites for hydroxylation is 1. The minimum Gasteiger partial charge on any atom is -0.440 e. The van der Waals surface area contributed by atoms with Crippen LogP contribution in [0.15, 0.2) is 50.5 Å². The highest BCUT2D eigenvalue weighted by Crippen LogP contribution is 2.38. The van der Waals surface area contributed by atoms with Crippen molar-refractivity contribution in [3.63, 3.8) is 0 Å². The molecule has 2 aliphatic heterocycles. The lowest BCUT2D eigenvalue weighted by atomic mass is 9.83. The van der Waals surface area contributed by atoms with Gasteiger partial charge in [-0.2, -0.15) is 0 Å². The number of nitrogens with one attached hydrogen (secondary N) is 2. The molecule has 1 fully saturated rings. The molecule has 0 saturated carbocycles. The first-order valence-corrected chi connectivity index (χ1v) is 13.7. The number of amides is 1. The fraction of sp³-hybridized carbons (Fsp3) is 0.407. The van der Waals surface area contributed by atoms with E-state index in [1.807, 2.05) is 26.0 Å². The third-order valence-corrected chi connectivity index (χ3v) is 9.34. The van der Waals surface area contributed by atoms with Crippen molar-refractivity contribution in [2.75, 3.05) is 30.4 Å². The molecule has 5 rings (SSSR count). The van der Waals surface area contributed by atoms with Gasteiger partial charge < -0.3 is 14.6 Å². The molecule has 1 amide bonds. The molecule has 0 spiro atoms. The van der Waals surface area contributed by atoms with Crippen molar-refractivity contribution in [1.29, 1.82) is 4.78 Å².